The van der Waals surface area contributed by atoms with Gasteiger partial charge in [-0.05, 0) is 20.0 Å². The van der Waals surface area contributed by atoms with Crippen LogP contribution in [0.3, 0.4) is 0 Å². The number of carbonyl (C=O) groups excluding carboxylic acids is 1. The van der Waals surface area contributed by atoms with Crippen LogP contribution in [-0.2, 0) is 17.9 Å². The van der Waals surface area contributed by atoms with E-state index in [4.69, 9.17) is 5.73 Å². The maximum absolute atomic E-state index is 12.1. The minimum atomic E-state index is 0.0961. The maximum Gasteiger partial charge on any atom is 0.244 e. The smallest absolute Gasteiger partial charge is 0.244 e. The second-order valence-corrected chi connectivity index (χ2v) is 4.65. The zero-order valence-electron chi connectivity index (χ0n) is 10.7. The van der Waals surface area contributed by atoms with Crippen LogP contribution in [0.25, 0.3) is 0 Å². The maximum atomic E-state index is 12.1. The molecule has 0 aromatic carbocycles. The van der Waals surface area contributed by atoms with E-state index < -0.39 is 0 Å². The molecule has 0 spiro atoms. The van der Waals surface area contributed by atoms with Crippen LogP contribution in [-0.4, -0.2) is 63.9 Å². The van der Waals surface area contributed by atoms with E-state index in [1.807, 2.05) is 4.90 Å². The van der Waals surface area contributed by atoms with Gasteiger partial charge in [0, 0.05) is 26.2 Å². The molecular formula is C11H20N6O. The topological polar surface area (TPSA) is 80.3 Å². The molecular weight excluding hydrogens is 232 g/mol. The van der Waals surface area contributed by atoms with Gasteiger partial charge < -0.3 is 15.5 Å². The Bertz CT molecular complexity index is 404. The molecule has 0 bridgehead atoms. The van der Waals surface area contributed by atoms with Gasteiger partial charge in [0.2, 0.25) is 5.91 Å². The van der Waals surface area contributed by atoms with Crippen molar-refractivity contribution in [3.05, 3.63) is 11.9 Å². The van der Waals surface area contributed by atoms with Gasteiger partial charge in [-0.1, -0.05) is 5.21 Å². The average molecular weight is 252 g/mol. The van der Waals surface area contributed by atoms with Crippen LogP contribution in [0.5, 0.6) is 0 Å². The lowest BCUT2D eigenvalue weighted by Crippen LogP contribution is -2.36. The minimum Gasteiger partial charge on any atom is -0.340 e. The third kappa shape index (κ3) is 3.27. The van der Waals surface area contributed by atoms with E-state index in [2.05, 4.69) is 22.3 Å². The molecule has 0 saturated carbocycles. The fourth-order valence-electron chi connectivity index (χ4n) is 2.04. The van der Waals surface area contributed by atoms with Gasteiger partial charge >= 0.3 is 0 Å². The first-order chi connectivity index (χ1) is 8.69. The molecule has 2 rings (SSSR count). The SMILES string of the molecule is CN1CCCN(C(=O)Cn2cc(CN)nn2)CC1. The molecule has 2 heterocycles. The summed E-state index contributed by atoms with van der Waals surface area (Å²) in [6.45, 7) is 4.18. The number of aromatic nitrogens is 3. The Hall–Kier alpha value is -1.47. The first-order valence-corrected chi connectivity index (χ1v) is 6.24. The number of hydrogen-bond donors (Lipinski definition) is 1. The van der Waals surface area contributed by atoms with Crippen LogP contribution in [0.4, 0.5) is 0 Å². The van der Waals surface area contributed by atoms with Crippen LogP contribution in [0.2, 0.25) is 0 Å². The average Bonchev–Trinajstić information content (AvgIpc) is 2.69. The largest absolute Gasteiger partial charge is 0.340 e. The van der Waals surface area contributed by atoms with Crippen LogP contribution in [0.15, 0.2) is 6.20 Å². The molecule has 1 saturated heterocycles. The Balaban J connectivity index is 1.90. The van der Waals surface area contributed by atoms with Crippen LogP contribution in [0, 0.1) is 0 Å². The standard InChI is InChI=1S/C11H20N6O/c1-15-3-2-4-16(6-5-15)11(18)9-17-8-10(7-12)13-14-17/h8H,2-7,9,12H2,1H3. The van der Waals surface area contributed by atoms with Gasteiger partial charge in [-0.2, -0.15) is 0 Å². The summed E-state index contributed by atoms with van der Waals surface area (Å²) >= 11 is 0. The molecule has 1 aliphatic rings. The Kier molecular flexibility index (Phi) is 4.27. The van der Waals surface area contributed by atoms with Crippen molar-refractivity contribution < 1.29 is 4.79 Å². The first-order valence-electron chi connectivity index (χ1n) is 6.24. The lowest BCUT2D eigenvalue weighted by molar-refractivity contribution is -0.131. The van der Waals surface area contributed by atoms with Gasteiger partial charge in [-0.25, -0.2) is 4.68 Å². The quantitative estimate of drug-likeness (QED) is 0.738. The lowest BCUT2D eigenvalue weighted by Gasteiger charge is -2.20. The molecule has 7 nitrogen and oxygen atoms in total. The highest BCUT2D eigenvalue weighted by molar-refractivity contribution is 5.75. The van der Waals surface area contributed by atoms with E-state index in [-0.39, 0.29) is 12.5 Å². The fourth-order valence-corrected chi connectivity index (χ4v) is 2.04. The predicted octanol–water partition coefficient (Wildman–Crippen LogP) is -1.10. The third-order valence-corrected chi connectivity index (χ3v) is 3.16. The van der Waals surface area contributed by atoms with E-state index in [1.54, 1.807) is 10.9 Å². The molecule has 1 aromatic rings. The molecule has 18 heavy (non-hydrogen) atoms. The molecule has 0 atom stereocenters. The van der Waals surface area contributed by atoms with Gasteiger partial charge in [0.25, 0.3) is 0 Å². The van der Waals surface area contributed by atoms with Gasteiger partial charge in [-0.15, -0.1) is 5.10 Å². The van der Waals surface area contributed by atoms with Crippen molar-refractivity contribution in [2.24, 2.45) is 5.73 Å². The van der Waals surface area contributed by atoms with Crippen molar-refractivity contribution in [1.29, 1.82) is 0 Å². The summed E-state index contributed by atoms with van der Waals surface area (Å²) in [5.74, 6) is 0.0961. The summed E-state index contributed by atoms with van der Waals surface area (Å²) in [6, 6.07) is 0. The molecule has 2 N–H and O–H groups in total. The van der Waals surface area contributed by atoms with Crippen LogP contribution >= 0.6 is 0 Å². The summed E-state index contributed by atoms with van der Waals surface area (Å²) in [6.07, 6.45) is 2.75. The van der Waals surface area contributed by atoms with Crippen LogP contribution in [0.1, 0.15) is 12.1 Å². The number of carbonyl (C=O) groups is 1. The number of nitrogens with two attached hydrogens (primary N) is 1. The summed E-state index contributed by atoms with van der Waals surface area (Å²) in [5, 5.41) is 7.76. The molecule has 1 amide bonds. The molecule has 7 heteroatoms. The van der Waals surface area contributed by atoms with Crippen molar-refractivity contribution in [2.75, 3.05) is 33.2 Å². The van der Waals surface area contributed by atoms with E-state index in [1.165, 1.54) is 0 Å². The number of rotatable bonds is 3. The van der Waals surface area contributed by atoms with E-state index in [0.29, 0.717) is 12.2 Å². The first kappa shape index (κ1) is 13.0. The second kappa shape index (κ2) is 5.92. The van der Waals surface area contributed by atoms with Crippen LogP contribution < -0.4 is 5.73 Å². The predicted molar refractivity (Wildman–Crippen MR) is 66.6 cm³/mol. The Morgan fingerprint density at radius 3 is 2.94 bits per heavy atom. The second-order valence-electron chi connectivity index (χ2n) is 4.65. The molecule has 100 valence electrons. The zero-order chi connectivity index (χ0) is 13.0. The monoisotopic (exact) mass is 252 g/mol. The summed E-state index contributed by atoms with van der Waals surface area (Å²) in [7, 11) is 2.08. The highest BCUT2D eigenvalue weighted by Gasteiger charge is 2.18. The fraction of sp³-hybridized carbons (Fsp3) is 0.727. The van der Waals surface area contributed by atoms with Crippen molar-refractivity contribution >= 4 is 5.91 Å². The molecule has 0 unspecified atom stereocenters. The third-order valence-electron chi connectivity index (χ3n) is 3.16. The van der Waals surface area contributed by atoms with E-state index >= 15 is 0 Å². The van der Waals surface area contributed by atoms with Gasteiger partial charge in [-0.3, -0.25) is 4.79 Å². The molecule has 0 radical (unpaired) electrons. The van der Waals surface area contributed by atoms with Crippen molar-refractivity contribution in [3.8, 4) is 0 Å². The Morgan fingerprint density at radius 2 is 2.22 bits per heavy atom. The molecule has 1 fully saturated rings. The number of nitrogens with zero attached hydrogens (tertiary/aromatic N) is 5. The van der Waals surface area contributed by atoms with E-state index in [9.17, 15) is 4.79 Å². The summed E-state index contributed by atoms with van der Waals surface area (Å²) < 4.78 is 1.55. The molecule has 1 aliphatic heterocycles. The van der Waals surface area contributed by atoms with Gasteiger partial charge in [0.05, 0.1) is 11.9 Å². The zero-order valence-corrected chi connectivity index (χ0v) is 10.7. The number of hydrogen-bond acceptors (Lipinski definition) is 5. The van der Waals surface area contributed by atoms with Crippen molar-refractivity contribution in [3.63, 3.8) is 0 Å². The lowest BCUT2D eigenvalue weighted by atomic mass is 10.4. The molecule has 0 aliphatic carbocycles. The minimum absolute atomic E-state index is 0.0961. The number of likely N-dealkylation sites (N-methyl/N-ethyl adjacent to an activating group) is 1. The highest BCUT2D eigenvalue weighted by atomic mass is 16.2. The van der Waals surface area contributed by atoms with Gasteiger partial charge in [0.1, 0.15) is 6.54 Å². The number of amides is 1. The van der Waals surface area contributed by atoms with Gasteiger partial charge in [0.15, 0.2) is 0 Å². The van der Waals surface area contributed by atoms with Crippen molar-refractivity contribution in [2.45, 2.75) is 19.5 Å². The highest BCUT2D eigenvalue weighted by Crippen LogP contribution is 2.03. The Labute approximate surface area is 107 Å². The van der Waals surface area contributed by atoms with E-state index in [0.717, 1.165) is 32.6 Å². The Morgan fingerprint density at radius 1 is 1.39 bits per heavy atom. The molecule has 1 aromatic heterocycles. The summed E-state index contributed by atoms with van der Waals surface area (Å²) in [5.41, 5.74) is 6.16. The summed E-state index contributed by atoms with van der Waals surface area (Å²) in [4.78, 5) is 16.3. The normalized spacial score (nSPS) is 17.8. The van der Waals surface area contributed by atoms with Crippen molar-refractivity contribution in [1.82, 2.24) is 24.8 Å².